The highest BCUT2D eigenvalue weighted by atomic mass is 127. The third-order valence-corrected chi connectivity index (χ3v) is 5.06. The predicted molar refractivity (Wildman–Crippen MR) is 113 cm³/mol. The lowest BCUT2D eigenvalue weighted by Crippen LogP contribution is -2.44. The lowest BCUT2D eigenvalue weighted by atomic mass is 9.99. The molecule has 25 heavy (non-hydrogen) atoms. The summed E-state index contributed by atoms with van der Waals surface area (Å²) in [6.45, 7) is 9.66. The molecule has 5 nitrogen and oxygen atoms in total. The van der Waals surface area contributed by atoms with Crippen LogP contribution in [0.4, 0.5) is 0 Å². The zero-order valence-corrected chi connectivity index (χ0v) is 17.5. The molecule has 2 saturated heterocycles. The molecule has 0 atom stereocenters. The van der Waals surface area contributed by atoms with Gasteiger partial charge in [0.1, 0.15) is 0 Å². The molecule has 0 spiro atoms. The van der Waals surface area contributed by atoms with E-state index in [2.05, 4.69) is 46.0 Å². The van der Waals surface area contributed by atoms with Crippen LogP contribution in [0.3, 0.4) is 0 Å². The molecule has 0 radical (unpaired) electrons. The number of halogens is 1. The van der Waals surface area contributed by atoms with Crippen LogP contribution in [-0.4, -0.2) is 55.2 Å². The average molecular weight is 458 g/mol. The number of guanidine groups is 1. The fourth-order valence-corrected chi connectivity index (χ4v) is 3.29. The van der Waals surface area contributed by atoms with E-state index in [9.17, 15) is 0 Å². The largest absolute Gasteiger partial charge is 0.378 e. The topological polar surface area (TPSA) is 54.1 Å². The third-order valence-electron chi connectivity index (χ3n) is 5.06. The molecule has 2 heterocycles. The first-order valence-corrected chi connectivity index (χ1v) is 9.13. The number of rotatable bonds is 4. The highest BCUT2D eigenvalue weighted by molar-refractivity contribution is 14.0. The van der Waals surface area contributed by atoms with E-state index in [0.717, 1.165) is 38.8 Å². The van der Waals surface area contributed by atoms with Crippen molar-refractivity contribution in [3.05, 3.63) is 35.4 Å². The van der Waals surface area contributed by atoms with Gasteiger partial charge in [-0.2, -0.15) is 0 Å². The van der Waals surface area contributed by atoms with E-state index in [1.807, 2.05) is 0 Å². The molecule has 2 N–H and O–H groups in total. The Balaban J connectivity index is 0.00000225. The molecule has 2 aliphatic heterocycles. The summed E-state index contributed by atoms with van der Waals surface area (Å²) in [5.74, 6) is 1.52. The van der Waals surface area contributed by atoms with E-state index < -0.39 is 0 Å². The van der Waals surface area contributed by atoms with Gasteiger partial charge in [0, 0.05) is 19.6 Å². The van der Waals surface area contributed by atoms with Crippen LogP contribution >= 0.6 is 24.0 Å². The van der Waals surface area contributed by atoms with Crippen LogP contribution < -0.4 is 5.73 Å². The van der Waals surface area contributed by atoms with Crippen LogP contribution in [0.2, 0.25) is 0 Å². The zero-order chi connectivity index (χ0) is 16.8. The standard InChI is InChI=1S/C19H30N4O.HI/c1-16-6-8-22(9-7-16)15-18-4-2-17(3-5-18)14-21-19(20)23-10-12-24-13-11-23;/h2-5,16H,6-15H2,1H3,(H2,20,21);1H. The van der Waals surface area contributed by atoms with Gasteiger partial charge in [0.05, 0.1) is 19.8 Å². The fraction of sp³-hybridized carbons (Fsp3) is 0.632. The average Bonchev–Trinajstić information content (AvgIpc) is 2.63. The Morgan fingerprint density at radius 3 is 2.32 bits per heavy atom. The van der Waals surface area contributed by atoms with Crippen LogP contribution in [0, 0.1) is 5.92 Å². The molecular formula is C19H31IN4O. The SMILES string of the molecule is CC1CCN(Cc2ccc(CN=C(N)N3CCOCC3)cc2)CC1.I. The van der Waals surface area contributed by atoms with Crippen molar-refractivity contribution in [2.75, 3.05) is 39.4 Å². The molecule has 2 aliphatic rings. The number of piperidine rings is 1. The number of benzene rings is 1. The van der Waals surface area contributed by atoms with E-state index in [4.69, 9.17) is 10.5 Å². The molecule has 0 amide bonds. The molecule has 1 aromatic carbocycles. The normalized spacial score (nSPS) is 20.4. The first-order chi connectivity index (χ1) is 11.7. The quantitative estimate of drug-likeness (QED) is 0.429. The van der Waals surface area contributed by atoms with Gasteiger partial charge in [-0.1, -0.05) is 31.2 Å². The van der Waals surface area contributed by atoms with Crippen molar-refractivity contribution in [1.82, 2.24) is 9.80 Å². The Morgan fingerprint density at radius 1 is 1.08 bits per heavy atom. The number of likely N-dealkylation sites (tertiary alicyclic amines) is 1. The summed E-state index contributed by atoms with van der Waals surface area (Å²) in [6.07, 6.45) is 2.65. The summed E-state index contributed by atoms with van der Waals surface area (Å²) in [7, 11) is 0. The first kappa shape index (κ1) is 20.5. The zero-order valence-electron chi connectivity index (χ0n) is 15.2. The van der Waals surface area contributed by atoms with Gasteiger partial charge >= 0.3 is 0 Å². The van der Waals surface area contributed by atoms with Crippen molar-refractivity contribution in [1.29, 1.82) is 0 Å². The second kappa shape index (κ2) is 10.3. The Hall–Kier alpha value is -0.860. The van der Waals surface area contributed by atoms with E-state index in [1.165, 1.54) is 37.1 Å². The molecule has 2 fully saturated rings. The summed E-state index contributed by atoms with van der Waals surface area (Å²) in [5, 5.41) is 0. The van der Waals surface area contributed by atoms with Gasteiger partial charge in [0.2, 0.25) is 0 Å². The van der Waals surface area contributed by atoms with Crippen molar-refractivity contribution < 1.29 is 4.74 Å². The maximum atomic E-state index is 6.07. The van der Waals surface area contributed by atoms with Gasteiger partial charge in [-0.25, -0.2) is 4.99 Å². The fourth-order valence-electron chi connectivity index (χ4n) is 3.29. The minimum absolute atomic E-state index is 0. The van der Waals surface area contributed by atoms with Crippen molar-refractivity contribution in [3.63, 3.8) is 0 Å². The van der Waals surface area contributed by atoms with Crippen molar-refractivity contribution in [2.24, 2.45) is 16.6 Å². The summed E-state index contributed by atoms with van der Waals surface area (Å²) in [6, 6.07) is 8.82. The van der Waals surface area contributed by atoms with Crippen LogP contribution in [-0.2, 0) is 17.8 Å². The van der Waals surface area contributed by atoms with Crippen molar-refractivity contribution in [3.8, 4) is 0 Å². The summed E-state index contributed by atoms with van der Waals surface area (Å²) in [4.78, 5) is 9.18. The lowest BCUT2D eigenvalue weighted by Gasteiger charge is -2.30. The lowest BCUT2D eigenvalue weighted by molar-refractivity contribution is 0.0674. The second-order valence-corrected chi connectivity index (χ2v) is 7.05. The number of ether oxygens (including phenoxy) is 1. The predicted octanol–water partition coefficient (Wildman–Crippen LogP) is 2.68. The van der Waals surface area contributed by atoms with Gasteiger partial charge in [0.25, 0.3) is 0 Å². The monoisotopic (exact) mass is 458 g/mol. The van der Waals surface area contributed by atoms with Gasteiger partial charge in [0.15, 0.2) is 5.96 Å². The highest BCUT2D eigenvalue weighted by Gasteiger charge is 2.15. The number of nitrogens with two attached hydrogens (primary N) is 1. The van der Waals surface area contributed by atoms with Gasteiger partial charge in [-0.3, -0.25) is 4.90 Å². The van der Waals surface area contributed by atoms with E-state index in [1.54, 1.807) is 0 Å². The maximum Gasteiger partial charge on any atom is 0.191 e. The summed E-state index contributed by atoms with van der Waals surface area (Å²) in [5.41, 5.74) is 8.67. The number of hydrogen-bond donors (Lipinski definition) is 1. The number of morpholine rings is 1. The molecule has 140 valence electrons. The minimum Gasteiger partial charge on any atom is -0.378 e. The minimum atomic E-state index is 0. The molecule has 1 aromatic rings. The van der Waals surface area contributed by atoms with Crippen molar-refractivity contribution in [2.45, 2.75) is 32.9 Å². The Labute approximate surface area is 168 Å². The third kappa shape index (κ3) is 6.42. The van der Waals surface area contributed by atoms with Crippen LogP contribution in [0.25, 0.3) is 0 Å². The summed E-state index contributed by atoms with van der Waals surface area (Å²) >= 11 is 0. The van der Waals surface area contributed by atoms with Gasteiger partial charge in [-0.05, 0) is 43.0 Å². The van der Waals surface area contributed by atoms with E-state index in [-0.39, 0.29) is 24.0 Å². The molecule has 0 unspecified atom stereocenters. The van der Waals surface area contributed by atoms with Crippen LogP contribution in [0.1, 0.15) is 30.9 Å². The van der Waals surface area contributed by atoms with E-state index in [0.29, 0.717) is 12.5 Å². The summed E-state index contributed by atoms with van der Waals surface area (Å²) < 4.78 is 5.34. The van der Waals surface area contributed by atoms with Crippen molar-refractivity contribution >= 4 is 29.9 Å². The molecule has 0 aromatic heterocycles. The van der Waals surface area contributed by atoms with Crippen LogP contribution in [0.15, 0.2) is 29.3 Å². The first-order valence-electron chi connectivity index (χ1n) is 9.13. The molecule has 0 bridgehead atoms. The second-order valence-electron chi connectivity index (χ2n) is 7.05. The molecule has 3 rings (SSSR count). The van der Waals surface area contributed by atoms with Gasteiger partial charge < -0.3 is 15.4 Å². The van der Waals surface area contributed by atoms with Crippen LogP contribution in [0.5, 0.6) is 0 Å². The Kier molecular flexibility index (Phi) is 8.45. The van der Waals surface area contributed by atoms with Gasteiger partial charge in [-0.15, -0.1) is 24.0 Å². The Morgan fingerprint density at radius 2 is 1.68 bits per heavy atom. The molecule has 0 aliphatic carbocycles. The highest BCUT2D eigenvalue weighted by Crippen LogP contribution is 2.18. The Bertz CT molecular complexity index is 535. The number of nitrogens with zero attached hydrogens (tertiary/aromatic N) is 3. The number of hydrogen-bond acceptors (Lipinski definition) is 3. The molecular weight excluding hydrogens is 427 g/mol. The maximum absolute atomic E-state index is 6.07. The van der Waals surface area contributed by atoms with E-state index >= 15 is 0 Å². The number of aliphatic imine (C=N–C) groups is 1. The molecule has 0 saturated carbocycles. The molecule has 6 heteroatoms. The smallest absolute Gasteiger partial charge is 0.191 e.